The summed E-state index contributed by atoms with van der Waals surface area (Å²) < 4.78 is 9.20. The van der Waals surface area contributed by atoms with Gasteiger partial charge in [0.05, 0.1) is 30.3 Å². The van der Waals surface area contributed by atoms with Crippen molar-refractivity contribution >= 4 is 23.0 Å². The first-order chi connectivity index (χ1) is 19.0. The number of hydrogen-bond acceptors (Lipinski definition) is 8. The van der Waals surface area contributed by atoms with Crippen molar-refractivity contribution in [2.75, 3.05) is 31.1 Å². The van der Waals surface area contributed by atoms with Crippen LogP contribution in [0.3, 0.4) is 0 Å². The van der Waals surface area contributed by atoms with Gasteiger partial charge in [-0.2, -0.15) is 15.2 Å². The molecule has 1 amide bonds. The number of nitrogens with one attached hydrogen (secondary N) is 1. The Morgan fingerprint density at radius 2 is 1.85 bits per heavy atom. The van der Waals surface area contributed by atoms with Crippen LogP contribution >= 0.6 is 0 Å². The largest absolute Gasteiger partial charge is 0.425 e. The lowest BCUT2D eigenvalue weighted by Gasteiger charge is -2.28. The molecule has 0 atom stereocenters. The Hall–Kier alpha value is -5.13. The van der Waals surface area contributed by atoms with E-state index in [4.69, 9.17) is 15.5 Å². The number of piperazine rings is 1. The van der Waals surface area contributed by atoms with Gasteiger partial charge >= 0.3 is 6.01 Å². The molecule has 1 aliphatic heterocycles. The molecule has 11 nitrogen and oxygen atoms in total. The van der Waals surface area contributed by atoms with Gasteiger partial charge in [0.15, 0.2) is 11.2 Å². The van der Waals surface area contributed by atoms with Crippen molar-refractivity contribution in [3.8, 4) is 29.7 Å². The van der Waals surface area contributed by atoms with Crippen molar-refractivity contribution in [3.05, 3.63) is 75.6 Å². The number of carbonyl (C=O) groups excluding carboxylic acids is 1. The van der Waals surface area contributed by atoms with Gasteiger partial charge in [-0.25, -0.2) is 0 Å². The first kappa shape index (κ1) is 25.5. The van der Waals surface area contributed by atoms with Crippen LogP contribution in [0, 0.1) is 23.2 Å². The van der Waals surface area contributed by atoms with Crippen LogP contribution in [0.1, 0.15) is 28.4 Å². The number of nitriles is 1. The number of nitrogens with zero attached hydrogens (tertiary/aromatic N) is 6. The third-order valence-corrected chi connectivity index (χ3v) is 6.44. The van der Waals surface area contributed by atoms with E-state index >= 15 is 0 Å². The molecule has 2 aromatic carbocycles. The summed E-state index contributed by atoms with van der Waals surface area (Å²) in [6.45, 7) is 4.98. The van der Waals surface area contributed by atoms with Gasteiger partial charge < -0.3 is 20.7 Å². The van der Waals surface area contributed by atoms with Gasteiger partial charge in [-0.3, -0.25) is 18.7 Å². The summed E-state index contributed by atoms with van der Waals surface area (Å²) in [4.78, 5) is 37.7. The third-order valence-electron chi connectivity index (χ3n) is 6.44. The molecule has 196 valence electrons. The van der Waals surface area contributed by atoms with Crippen LogP contribution in [0.15, 0.2) is 53.3 Å². The highest BCUT2D eigenvalue weighted by Crippen LogP contribution is 2.27. The highest BCUT2D eigenvalue weighted by Gasteiger charge is 2.25. The van der Waals surface area contributed by atoms with Gasteiger partial charge in [0.2, 0.25) is 5.95 Å². The lowest BCUT2D eigenvalue weighted by molar-refractivity contribution is 0.0998. The Balaban J connectivity index is 1.74. The monoisotopic (exact) mass is 522 g/mol. The molecule has 1 fully saturated rings. The topological polar surface area (TPSA) is 144 Å². The minimum atomic E-state index is -0.682. The van der Waals surface area contributed by atoms with E-state index < -0.39 is 11.5 Å². The fraction of sp³-hybridized carbons (Fsp3) is 0.250. The summed E-state index contributed by atoms with van der Waals surface area (Å²) in [7, 11) is 0. The molecule has 0 unspecified atom stereocenters. The normalized spacial score (nSPS) is 13.0. The second-order valence-corrected chi connectivity index (χ2v) is 8.85. The SMILES string of the molecule is CC#CCn1c(N2CCNCC2)nc2nc(Oc3ccccc3C(N)=O)n(Cc3ccccc3C#N)c(=O)c21. The molecule has 0 saturated carbocycles. The number of carbonyl (C=O) groups is 1. The lowest BCUT2D eigenvalue weighted by atomic mass is 10.1. The van der Waals surface area contributed by atoms with Crippen LogP contribution in [-0.2, 0) is 13.1 Å². The fourth-order valence-electron chi connectivity index (χ4n) is 4.51. The number of amides is 1. The van der Waals surface area contributed by atoms with Crippen molar-refractivity contribution in [3.63, 3.8) is 0 Å². The number of benzene rings is 2. The molecule has 0 spiro atoms. The molecular weight excluding hydrogens is 496 g/mol. The number of anilines is 1. The van der Waals surface area contributed by atoms with E-state index in [-0.39, 0.29) is 41.6 Å². The van der Waals surface area contributed by atoms with Gasteiger partial charge in [0.25, 0.3) is 11.5 Å². The summed E-state index contributed by atoms with van der Waals surface area (Å²) >= 11 is 0. The molecule has 39 heavy (non-hydrogen) atoms. The maximum absolute atomic E-state index is 14.2. The Bertz CT molecular complexity index is 1710. The highest BCUT2D eigenvalue weighted by atomic mass is 16.5. The van der Waals surface area contributed by atoms with E-state index in [2.05, 4.69) is 33.1 Å². The number of nitrogens with two attached hydrogens (primary N) is 1. The zero-order chi connectivity index (χ0) is 27.4. The fourth-order valence-corrected chi connectivity index (χ4v) is 4.51. The Morgan fingerprint density at radius 1 is 1.10 bits per heavy atom. The minimum Gasteiger partial charge on any atom is -0.425 e. The number of rotatable bonds is 7. The Kier molecular flexibility index (Phi) is 7.26. The molecular formula is C28H26N8O3. The highest BCUT2D eigenvalue weighted by molar-refractivity contribution is 5.95. The van der Waals surface area contributed by atoms with E-state index in [9.17, 15) is 14.9 Å². The molecule has 4 aromatic rings. The number of imidazole rings is 1. The van der Waals surface area contributed by atoms with Crippen LogP contribution in [0.2, 0.25) is 0 Å². The van der Waals surface area contributed by atoms with Gasteiger partial charge in [0, 0.05) is 26.2 Å². The first-order valence-electron chi connectivity index (χ1n) is 12.4. The average Bonchev–Trinajstić information content (AvgIpc) is 3.33. The van der Waals surface area contributed by atoms with Gasteiger partial charge in [-0.1, -0.05) is 36.3 Å². The van der Waals surface area contributed by atoms with E-state index in [0.717, 1.165) is 13.1 Å². The van der Waals surface area contributed by atoms with E-state index in [1.165, 1.54) is 10.6 Å². The molecule has 0 bridgehead atoms. The summed E-state index contributed by atoms with van der Waals surface area (Å²) in [5.74, 6) is 5.99. The molecule has 1 saturated heterocycles. The molecule has 11 heteroatoms. The summed E-state index contributed by atoms with van der Waals surface area (Å²) in [6.07, 6.45) is 0. The summed E-state index contributed by atoms with van der Waals surface area (Å²) in [5.41, 5.74) is 6.78. The maximum atomic E-state index is 14.2. The molecule has 0 radical (unpaired) electrons. The van der Waals surface area contributed by atoms with Crippen LogP contribution < -0.4 is 26.2 Å². The minimum absolute atomic E-state index is 0.00713. The van der Waals surface area contributed by atoms with Gasteiger partial charge in [-0.05, 0) is 30.7 Å². The lowest BCUT2D eigenvalue weighted by Crippen LogP contribution is -2.44. The van der Waals surface area contributed by atoms with Crippen molar-refractivity contribution in [2.45, 2.75) is 20.0 Å². The quantitative estimate of drug-likeness (QED) is 0.350. The Labute approximate surface area is 224 Å². The average molecular weight is 523 g/mol. The summed E-state index contributed by atoms with van der Waals surface area (Å²) in [6, 6.07) is 15.5. The smallest absolute Gasteiger partial charge is 0.307 e. The molecule has 3 N–H and O–H groups in total. The Morgan fingerprint density at radius 3 is 2.59 bits per heavy atom. The number of para-hydroxylation sites is 1. The second-order valence-electron chi connectivity index (χ2n) is 8.85. The number of aromatic nitrogens is 4. The standard InChI is InChI=1S/C28H26N8O3/c1-2-3-14-35-23-25(32-27(35)34-15-12-31-13-16-34)33-28(39-22-11-7-6-10-21(22)24(30)37)36(26(23)38)18-20-9-5-4-8-19(20)17-29/h4-11,31H,12-16,18H2,1H3,(H2,30,37). The van der Waals surface area contributed by atoms with E-state index in [0.29, 0.717) is 30.2 Å². The zero-order valence-electron chi connectivity index (χ0n) is 21.3. The second kappa shape index (κ2) is 11.1. The van der Waals surface area contributed by atoms with Crippen molar-refractivity contribution < 1.29 is 9.53 Å². The molecule has 2 aromatic heterocycles. The predicted octanol–water partition coefficient (Wildman–Crippen LogP) is 1.84. The third kappa shape index (κ3) is 5.04. The van der Waals surface area contributed by atoms with Gasteiger partial charge in [-0.15, -0.1) is 5.92 Å². The van der Waals surface area contributed by atoms with Crippen molar-refractivity contribution in [1.82, 2.24) is 24.4 Å². The van der Waals surface area contributed by atoms with Crippen molar-refractivity contribution in [2.24, 2.45) is 5.73 Å². The number of ether oxygens (including phenoxy) is 1. The maximum Gasteiger partial charge on any atom is 0.307 e. The zero-order valence-corrected chi connectivity index (χ0v) is 21.3. The van der Waals surface area contributed by atoms with E-state index in [1.807, 2.05) is 0 Å². The predicted molar refractivity (Wildman–Crippen MR) is 146 cm³/mol. The number of fused-ring (bicyclic) bond motifs is 1. The van der Waals surface area contributed by atoms with Crippen LogP contribution in [0.5, 0.6) is 11.8 Å². The number of primary amides is 1. The van der Waals surface area contributed by atoms with Gasteiger partial charge in [0.1, 0.15) is 5.75 Å². The van der Waals surface area contributed by atoms with Crippen LogP contribution in [-0.4, -0.2) is 51.2 Å². The van der Waals surface area contributed by atoms with Crippen molar-refractivity contribution in [1.29, 1.82) is 5.26 Å². The first-order valence-corrected chi connectivity index (χ1v) is 12.4. The molecule has 5 rings (SSSR count). The van der Waals surface area contributed by atoms with E-state index in [1.54, 1.807) is 54.0 Å². The molecule has 1 aliphatic rings. The molecule has 3 heterocycles. The molecule has 0 aliphatic carbocycles. The van der Waals surface area contributed by atoms with Crippen LogP contribution in [0.4, 0.5) is 5.95 Å². The summed E-state index contributed by atoms with van der Waals surface area (Å²) in [5, 5.41) is 13.0. The van der Waals surface area contributed by atoms with Crippen LogP contribution in [0.25, 0.3) is 11.2 Å². The number of hydrogen-bond donors (Lipinski definition) is 2.